The minimum atomic E-state index is -0.585. The van der Waals surface area contributed by atoms with Crippen molar-refractivity contribution in [1.29, 1.82) is 0 Å². The molecule has 1 unspecified atom stereocenters. The van der Waals surface area contributed by atoms with Crippen LogP contribution in [0.1, 0.15) is 46.0 Å². The largest absolute Gasteiger partial charge is 0.368 e. The lowest BCUT2D eigenvalue weighted by molar-refractivity contribution is -0.127. The van der Waals surface area contributed by atoms with Crippen LogP contribution in [-0.2, 0) is 4.79 Å². The van der Waals surface area contributed by atoms with Crippen molar-refractivity contribution < 1.29 is 4.79 Å². The zero-order valence-electron chi connectivity index (χ0n) is 11.3. The molecule has 0 aromatic rings. The summed E-state index contributed by atoms with van der Waals surface area (Å²) in [7, 11) is 0. The first-order chi connectivity index (χ1) is 8.42. The van der Waals surface area contributed by atoms with E-state index in [4.69, 9.17) is 11.3 Å². The molecular formula is C12H23N5O. The van der Waals surface area contributed by atoms with E-state index in [-0.39, 0.29) is 11.3 Å². The second-order valence-electron chi connectivity index (χ2n) is 5.88. The number of carbonyl (C=O) groups excluding carboxylic acids is 1. The fourth-order valence-corrected chi connectivity index (χ4v) is 2.83. The molecule has 1 rings (SSSR count). The molecule has 1 aliphatic rings. The highest BCUT2D eigenvalue weighted by atomic mass is 16.1. The maximum Gasteiger partial charge on any atom is 0.237 e. The quantitative estimate of drug-likeness (QED) is 0.327. The summed E-state index contributed by atoms with van der Waals surface area (Å²) in [6, 6.07) is 0. The third kappa shape index (κ3) is 3.89. The molecule has 18 heavy (non-hydrogen) atoms. The van der Waals surface area contributed by atoms with Crippen molar-refractivity contribution in [2.45, 2.75) is 51.5 Å². The molecule has 1 saturated carbocycles. The molecule has 0 aromatic heterocycles. The number of primary amides is 1. The van der Waals surface area contributed by atoms with Crippen LogP contribution in [0.25, 0.3) is 10.4 Å². The number of nitrogens with zero attached hydrogens (tertiary/aromatic N) is 3. The topological polar surface area (TPSA) is 104 Å². The lowest BCUT2D eigenvalue weighted by Gasteiger charge is -2.43. The van der Waals surface area contributed by atoms with Crippen LogP contribution in [0.5, 0.6) is 0 Å². The molecule has 0 aromatic carbocycles. The van der Waals surface area contributed by atoms with E-state index in [1.807, 2.05) is 0 Å². The maximum absolute atomic E-state index is 11.8. The molecule has 0 bridgehead atoms. The molecule has 6 heteroatoms. The Morgan fingerprint density at radius 2 is 2.22 bits per heavy atom. The van der Waals surface area contributed by atoms with E-state index in [0.717, 1.165) is 32.1 Å². The summed E-state index contributed by atoms with van der Waals surface area (Å²) in [6.07, 6.45) is 4.44. The van der Waals surface area contributed by atoms with Crippen molar-refractivity contribution in [3.05, 3.63) is 10.4 Å². The van der Waals surface area contributed by atoms with Gasteiger partial charge >= 0.3 is 0 Å². The highest BCUT2D eigenvalue weighted by Gasteiger charge is 2.43. The monoisotopic (exact) mass is 253 g/mol. The molecule has 0 heterocycles. The van der Waals surface area contributed by atoms with Gasteiger partial charge in [-0.15, -0.1) is 0 Å². The molecule has 0 saturated heterocycles. The van der Waals surface area contributed by atoms with E-state index in [1.54, 1.807) is 0 Å². The second-order valence-corrected chi connectivity index (χ2v) is 5.88. The van der Waals surface area contributed by atoms with Crippen LogP contribution < -0.4 is 11.1 Å². The first-order valence-corrected chi connectivity index (χ1v) is 6.48. The third-order valence-corrected chi connectivity index (χ3v) is 3.67. The van der Waals surface area contributed by atoms with Crippen LogP contribution in [-0.4, -0.2) is 24.5 Å². The highest BCUT2D eigenvalue weighted by Crippen LogP contribution is 2.40. The van der Waals surface area contributed by atoms with Crippen LogP contribution in [0.3, 0.4) is 0 Å². The fourth-order valence-electron chi connectivity index (χ4n) is 2.83. The van der Waals surface area contributed by atoms with Gasteiger partial charge in [-0.3, -0.25) is 4.79 Å². The van der Waals surface area contributed by atoms with E-state index in [1.165, 1.54) is 0 Å². The molecule has 0 radical (unpaired) electrons. The minimum Gasteiger partial charge on any atom is -0.368 e. The van der Waals surface area contributed by atoms with Crippen molar-refractivity contribution in [3.63, 3.8) is 0 Å². The normalized spacial score (nSPS) is 26.3. The average Bonchev–Trinajstić information content (AvgIpc) is 2.27. The molecule has 3 N–H and O–H groups in total. The first kappa shape index (κ1) is 14.8. The SMILES string of the molecule is CC1(C)CCCC(NCCCN=[N+]=[N-])(C(N)=O)C1. The number of azide groups is 1. The Kier molecular flexibility index (Phi) is 4.99. The lowest BCUT2D eigenvalue weighted by Crippen LogP contribution is -2.59. The summed E-state index contributed by atoms with van der Waals surface area (Å²) < 4.78 is 0. The van der Waals surface area contributed by atoms with Gasteiger partial charge in [0.1, 0.15) is 0 Å². The van der Waals surface area contributed by atoms with Gasteiger partial charge in [0.25, 0.3) is 0 Å². The van der Waals surface area contributed by atoms with E-state index in [2.05, 4.69) is 29.2 Å². The number of hydrogen-bond donors (Lipinski definition) is 2. The average molecular weight is 253 g/mol. The van der Waals surface area contributed by atoms with Crippen LogP contribution in [0.4, 0.5) is 0 Å². The van der Waals surface area contributed by atoms with Gasteiger partial charge in [0.2, 0.25) is 5.91 Å². The number of hydrogen-bond acceptors (Lipinski definition) is 3. The van der Waals surface area contributed by atoms with Crippen LogP contribution in [0.2, 0.25) is 0 Å². The molecule has 1 fully saturated rings. The summed E-state index contributed by atoms with van der Waals surface area (Å²) in [4.78, 5) is 14.5. The Morgan fingerprint density at radius 3 is 2.78 bits per heavy atom. The van der Waals surface area contributed by atoms with Gasteiger partial charge in [-0.05, 0) is 43.2 Å². The fraction of sp³-hybridized carbons (Fsp3) is 0.917. The Balaban J connectivity index is 2.58. The number of carbonyl (C=O) groups is 1. The number of amides is 1. The van der Waals surface area contributed by atoms with Gasteiger partial charge in [-0.1, -0.05) is 25.4 Å². The van der Waals surface area contributed by atoms with Gasteiger partial charge in [-0.2, -0.15) is 0 Å². The summed E-state index contributed by atoms with van der Waals surface area (Å²) in [5.41, 5.74) is 13.3. The molecule has 1 amide bonds. The van der Waals surface area contributed by atoms with Gasteiger partial charge in [0.05, 0.1) is 5.54 Å². The first-order valence-electron chi connectivity index (χ1n) is 6.48. The summed E-state index contributed by atoms with van der Waals surface area (Å²) in [6.45, 7) is 5.44. The molecular weight excluding hydrogens is 230 g/mol. The zero-order valence-corrected chi connectivity index (χ0v) is 11.3. The number of rotatable bonds is 6. The van der Waals surface area contributed by atoms with Crippen molar-refractivity contribution in [2.75, 3.05) is 13.1 Å². The summed E-state index contributed by atoms with van der Waals surface area (Å²) in [5.74, 6) is -0.265. The van der Waals surface area contributed by atoms with Gasteiger partial charge in [0, 0.05) is 11.5 Å². The summed E-state index contributed by atoms with van der Waals surface area (Å²) >= 11 is 0. The van der Waals surface area contributed by atoms with E-state index >= 15 is 0 Å². The standard InChI is InChI=1S/C12H23N5O/c1-11(2)5-3-6-12(9-11,10(13)18)15-7-4-8-16-17-14/h15H,3-9H2,1-2H3,(H2,13,18). The summed E-state index contributed by atoms with van der Waals surface area (Å²) in [5, 5.41) is 6.77. The van der Waals surface area contributed by atoms with Crippen molar-refractivity contribution in [1.82, 2.24) is 5.32 Å². The predicted octanol–water partition coefficient (Wildman–Crippen LogP) is 2.10. The van der Waals surface area contributed by atoms with Gasteiger partial charge in [0.15, 0.2) is 0 Å². The van der Waals surface area contributed by atoms with Gasteiger partial charge < -0.3 is 11.1 Å². The molecule has 6 nitrogen and oxygen atoms in total. The molecule has 0 spiro atoms. The van der Waals surface area contributed by atoms with Crippen molar-refractivity contribution >= 4 is 5.91 Å². The van der Waals surface area contributed by atoms with Gasteiger partial charge in [-0.25, -0.2) is 0 Å². The van der Waals surface area contributed by atoms with Crippen molar-refractivity contribution in [3.8, 4) is 0 Å². The molecule has 1 atom stereocenters. The molecule has 0 aliphatic heterocycles. The van der Waals surface area contributed by atoms with Crippen LogP contribution in [0.15, 0.2) is 5.11 Å². The van der Waals surface area contributed by atoms with E-state index in [9.17, 15) is 4.79 Å². The predicted molar refractivity (Wildman–Crippen MR) is 70.8 cm³/mol. The molecule has 1 aliphatic carbocycles. The van der Waals surface area contributed by atoms with Crippen LogP contribution in [0, 0.1) is 5.41 Å². The highest BCUT2D eigenvalue weighted by molar-refractivity contribution is 5.84. The maximum atomic E-state index is 11.8. The van der Waals surface area contributed by atoms with E-state index in [0.29, 0.717) is 13.1 Å². The Labute approximate surface area is 108 Å². The lowest BCUT2D eigenvalue weighted by atomic mass is 9.67. The van der Waals surface area contributed by atoms with Crippen LogP contribution >= 0.6 is 0 Å². The Morgan fingerprint density at radius 1 is 1.50 bits per heavy atom. The number of nitrogens with one attached hydrogen (secondary N) is 1. The Hall–Kier alpha value is -1.26. The zero-order chi connectivity index (χ0) is 13.6. The van der Waals surface area contributed by atoms with Crippen molar-refractivity contribution in [2.24, 2.45) is 16.3 Å². The van der Waals surface area contributed by atoms with E-state index < -0.39 is 5.54 Å². The third-order valence-electron chi connectivity index (χ3n) is 3.67. The number of nitrogens with two attached hydrogens (primary N) is 1. The minimum absolute atomic E-state index is 0.144. The Bertz CT molecular complexity index is 348. The molecule has 102 valence electrons. The second kappa shape index (κ2) is 6.07. The smallest absolute Gasteiger partial charge is 0.237 e.